The van der Waals surface area contributed by atoms with Gasteiger partial charge in [-0.1, -0.05) is 12.1 Å². The first-order chi connectivity index (χ1) is 14.6. The number of likely N-dealkylation sites (tertiary alicyclic amines) is 1. The van der Waals surface area contributed by atoms with Crippen LogP contribution in [0, 0.1) is 0 Å². The summed E-state index contributed by atoms with van der Waals surface area (Å²) >= 11 is 1.34. The molecule has 4 N–H and O–H groups in total. The molecule has 2 atom stereocenters. The van der Waals surface area contributed by atoms with Crippen LogP contribution < -0.4 is 20.7 Å². The van der Waals surface area contributed by atoms with Gasteiger partial charge in [-0.25, -0.2) is 0 Å². The zero-order valence-corrected chi connectivity index (χ0v) is 18.2. The number of carbonyl (C=O) groups is 2. The van der Waals surface area contributed by atoms with E-state index in [-0.39, 0.29) is 17.6 Å². The van der Waals surface area contributed by atoms with E-state index in [2.05, 4.69) is 17.4 Å². The van der Waals surface area contributed by atoms with Crippen LogP contribution in [0.1, 0.15) is 37.3 Å². The van der Waals surface area contributed by atoms with Gasteiger partial charge in [-0.3, -0.25) is 9.59 Å². The SMILES string of the molecule is COc1ccc([C@@H]2CCCCC[NH+]2CC(=O)Nc2ccccc2SCC(N)=O)cc1. The normalized spacial score (nSPS) is 19.0. The lowest BCUT2D eigenvalue weighted by molar-refractivity contribution is -0.923. The van der Waals surface area contributed by atoms with Crippen molar-refractivity contribution in [2.45, 2.75) is 36.6 Å². The summed E-state index contributed by atoms with van der Waals surface area (Å²) in [6, 6.07) is 16.0. The summed E-state index contributed by atoms with van der Waals surface area (Å²) in [5.74, 6) is 0.635. The van der Waals surface area contributed by atoms with Crippen LogP contribution in [-0.4, -0.2) is 37.8 Å². The second-order valence-corrected chi connectivity index (χ2v) is 8.58. The molecule has 0 aliphatic carbocycles. The minimum absolute atomic E-state index is 0.0162. The largest absolute Gasteiger partial charge is 0.497 e. The molecule has 0 radical (unpaired) electrons. The molecule has 160 valence electrons. The lowest BCUT2D eigenvalue weighted by Gasteiger charge is -2.27. The van der Waals surface area contributed by atoms with Crippen LogP contribution >= 0.6 is 11.8 Å². The van der Waals surface area contributed by atoms with Gasteiger partial charge in [-0.2, -0.15) is 0 Å². The predicted molar refractivity (Wildman–Crippen MR) is 120 cm³/mol. The number of amides is 2. The number of primary amides is 1. The highest BCUT2D eigenvalue weighted by Gasteiger charge is 2.28. The Bertz CT molecular complexity index is 857. The molecule has 3 rings (SSSR count). The number of ether oxygens (including phenoxy) is 1. The lowest BCUT2D eigenvalue weighted by atomic mass is 10.0. The number of methoxy groups -OCH3 is 1. The van der Waals surface area contributed by atoms with Crippen molar-refractivity contribution in [2.75, 3.05) is 31.3 Å². The molecule has 1 saturated heterocycles. The van der Waals surface area contributed by atoms with Gasteiger partial charge in [0, 0.05) is 16.9 Å². The third-order valence-electron chi connectivity index (χ3n) is 5.42. The zero-order valence-electron chi connectivity index (χ0n) is 17.4. The first-order valence-electron chi connectivity index (χ1n) is 10.4. The lowest BCUT2D eigenvalue weighted by Crippen LogP contribution is -3.13. The maximum Gasteiger partial charge on any atom is 0.279 e. The molecule has 0 spiro atoms. The molecule has 1 unspecified atom stereocenters. The molecule has 2 aromatic rings. The van der Waals surface area contributed by atoms with E-state index in [1.54, 1.807) is 7.11 Å². The molecule has 0 saturated carbocycles. The van der Waals surface area contributed by atoms with Crippen molar-refractivity contribution in [3.63, 3.8) is 0 Å². The van der Waals surface area contributed by atoms with E-state index in [1.807, 2.05) is 36.4 Å². The zero-order chi connectivity index (χ0) is 21.3. The molecule has 30 heavy (non-hydrogen) atoms. The van der Waals surface area contributed by atoms with Crippen molar-refractivity contribution in [2.24, 2.45) is 5.73 Å². The van der Waals surface area contributed by atoms with E-state index in [9.17, 15) is 9.59 Å². The van der Waals surface area contributed by atoms with Gasteiger partial charge in [-0.05, 0) is 55.7 Å². The van der Waals surface area contributed by atoms with Gasteiger partial charge in [0.25, 0.3) is 5.91 Å². The molecule has 2 amide bonds. The van der Waals surface area contributed by atoms with Crippen molar-refractivity contribution >= 4 is 29.3 Å². The molecule has 0 bridgehead atoms. The molecule has 6 nitrogen and oxygen atoms in total. The maximum absolute atomic E-state index is 12.9. The van der Waals surface area contributed by atoms with Gasteiger partial charge in [0.05, 0.1) is 25.1 Å². The fraction of sp³-hybridized carbons (Fsp3) is 0.391. The van der Waals surface area contributed by atoms with Gasteiger partial charge < -0.3 is 20.7 Å². The Hall–Kier alpha value is -2.51. The number of nitrogens with two attached hydrogens (primary N) is 1. The Morgan fingerprint density at radius 1 is 1.13 bits per heavy atom. The van der Waals surface area contributed by atoms with E-state index in [0.29, 0.717) is 12.6 Å². The average molecular weight is 429 g/mol. The molecular weight excluding hydrogens is 398 g/mol. The Morgan fingerprint density at radius 3 is 2.63 bits per heavy atom. The minimum Gasteiger partial charge on any atom is -0.497 e. The predicted octanol–water partition coefficient (Wildman–Crippen LogP) is 2.41. The first-order valence-corrected chi connectivity index (χ1v) is 11.3. The number of carbonyl (C=O) groups excluding carboxylic acids is 2. The van der Waals surface area contributed by atoms with Crippen molar-refractivity contribution in [1.29, 1.82) is 0 Å². The van der Waals surface area contributed by atoms with Gasteiger partial charge in [-0.15, -0.1) is 11.8 Å². The number of para-hydroxylation sites is 1. The quantitative estimate of drug-likeness (QED) is 0.564. The second-order valence-electron chi connectivity index (χ2n) is 7.56. The highest BCUT2D eigenvalue weighted by Crippen LogP contribution is 2.27. The van der Waals surface area contributed by atoms with Crippen LogP contribution in [0.25, 0.3) is 0 Å². The molecule has 2 aromatic carbocycles. The van der Waals surface area contributed by atoms with E-state index >= 15 is 0 Å². The van der Waals surface area contributed by atoms with E-state index in [4.69, 9.17) is 10.5 Å². The Morgan fingerprint density at radius 2 is 1.90 bits per heavy atom. The van der Waals surface area contributed by atoms with Crippen LogP contribution in [0.2, 0.25) is 0 Å². The molecule has 1 fully saturated rings. The van der Waals surface area contributed by atoms with Gasteiger partial charge in [0.1, 0.15) is 11.8 Å². The van der Waals surface area contributed by atoms with Gasteiger partial charge >= 0.3 is 0 Å². The van der Waals surface area contributed by atoms with E-state index in [1.165, 1.54) is 35.1 Å². The van der Waals surface area contributed by atoms with Crippen molar-refractivity contribution in [3.05, 3.63) is 54.1 Å². The summed E-state index contributed by atoms with van der Waals surface area (Å²) in [7, 11) is 1.67. The molecule has 0 aromatic heterocycles. The van der Waals surface area contributed by atoms with E-state index in [0.717, 1.165) is 35.7 Å². The summed E-state index contributed by atoms with van der Waals surface area (Å²) in [5.41, 5.74) is 7.23. The first kappa shape index (κ1) is 22.2. The number of quaternary nitrogens is 1. The minimum atomic E-state index is -0.377. The summed E-state index contributed by atoms with van der Waals surface area (Å²) in [6.45, 7) is 1.38. The van der Waals surface area contributed by atoms with Crippen LogP contribution in [0.3, 0.4) is 0 Å². The van der Waals surface area contributed by atoms with Crippen molar-refractivity contribution in [1.82, 2.24) is 0 Å². The molecular formula is C23H30N3O3S+. The number of rotatable bonds is 8. The third-order valence-corrected chi connectivity index (χ3v) is 6.52. The highest BCUT2D eigenvalue weighted by molar-refractivity contribution is 8.00. The monoisotopic (exact) mass is 428 g/mol. The van der Waals surface area contributed by atoms with Gasteiger partial charge in [0.15, 0.2) is 6.54 Å². The second kappa shape index (κ2) is 11.0. The highest BCUT2D eigenvalue weighted by atomic mass is 32.2. The van der Waals surface area contributed by atoms with Crippen molar-refractivity contribution in [3.8, 4) is 5.75 Å². The standard InChI is InChI=1S/C23H29N3O3S/c1-29-18-12-10-17(11-13-18)20-8-3-2-6-14-26(20)15-23(28)25-19-7-4-5-9-21(19)30-16-22(24)27/h4-5,7,9-13,20H,2-3,6,8,14-16H2,1H3,(H2,24,27)(H,25,28)/p+1/t20-/m0/s1. The number of hydrogen-bond acceptors (Lipinski definition) is 4. The number of anilines is 1. The third kappa shape index (κ3) is 6.24. The average Bonchev–Trinajstić information content (AvgIpc) is 2.98. The number of thioether (sulfide) groups is 1. The Balaban J connectivity index is 1.69. The van der Waals surface area contributed by atoms with Crippen LogP contribution in [0.5, 0.6) is 5.75 Å². The molecule has 1 heterocycles. The molecule has 1 aliphatic rings. The molecule has 7 heteroatoms. The number of benzene rings is 2. The summed E-state index contributed by atoms with van der Waals surface area (Å²) in [6.07, 6.45) is 4.57. The topological polar surface area (TPSA) is 85.9 Å². The summed E-state index contributed by atoms with van der Waals surface area (Å²) < 4.78 is 5.28. The van der Waals surface area contributed by atoms with Crippen LogP contribution in [-0.2, 0) is 9.59 Å². The van der Waals surface area contributed by atoms with Crippen LogP contribution in [0.4, 0.5) is 5.69 Å². The van der Waals surface area contributed by atoms with Crippen molar-refractivity contribution < 1.29 is 19.2 Å². The smallest absolute Gasteiger partial charge is 0.279 e. The summed E-state index contributed by atoms with van der Waals surface area (Å²) in [5, 5.41) is 3.04. The maximum atomic E-state index is 12.9. The number of hydrogen-bond donors (Lipinski definition) is 3. The van der Waals surface area contributed by atoms with Gasteiger partial charge in [0.2, 0.25) is 5.91 Å². The Labute approximate surface area is 182 Å². The van der Waals surface area contributed by atoms with Crippen LogP contribution in [0.15, 0.2) is 53.4 Å². The summed E-state index contributed by atoms with van der Waals surface area (Å²) in [4.78, 5) is 26.2. The fourth-order valence-corrected chi connectivity index (χ4v) is 4.70. The molecule has 1 aliphatic heterocycles. The fourth-order valence-electron chi connectivity index (χ4n) is 3.95. The van der Waals surface area contributed by atoms with E-state index < -0.39 is 0 Å². The number of nitrogens with one attached hydrogen (secondary N) is 2. The Kier molecular flexibility index (Phi) is 8.16.